The maximum atomic E-state index is 13.7. The van der Waals surface area contributed by atoms with Crippen LogP contribution in [0.4, 0.5) is 4.39 Å². The first kappa shape index (κ1) is 13.0. The van der Waals surface area contributed by atoms with Gasteiger partial charge in [0.25, 0.3) is 0 Å². The molecule has 2 nitrogen and oxygen atoms in total. The third-order valence-electron chi connectivity index (χ3n) is 4.01. The molecule has 96 valence electrons. The molecule has 1 atom stereocenters. The molecule has 1 aliphatic rings. The van der Waals surface area contributed by atoms with Gasteiger partial charge in [-0.1, -0.05) is 18.2 Å². The Morgan fingerprint density at radius 2 is 2.11 bits per heavy atom. The SMILES string of the molecule is CC(c1ccccc1F)N(C)CC1(CC#N)CC1. The van der Waals surface area contributed by atoms with Crippen molar-refractivity contribution < 1.29 is 4.39 Å². The summed E-state index contributed by atoms with van der Waals surface area (Å²) in [4.78, 5) is 2.16. The fourth-order valence-corrected chi connectivity index (χ4v) is 2.45. The van der Waals surface area contributed by atoms with Gasteiger partial charge in [0, 0.05) is 24.6 Å². The Hall–Kier alpha value is -1.40. The zero-order valence-corrected chi connectivity index (χ0v) is 11.0. The van der Waals surface area contributed by atoms with Gasteiger partial charge in [-0.3, -0.25) is 4.90 Å². The van der Waals surface area contributed by atoms with Crippen LogP contribution >= 0.6 is 0 Å². The van der Waals surface area contributed by atoms with E-state index in [9.17, 15) is 4.39 Å². The van der Waals surface area contributed by atoms with Gasteiger partial charge >= 0.3 is 0 Å². The van der Waals surface area contributed by atoms with E-state index < -0.39 is 0 Å². The van der Waals surface area contributed by atoms with E-state index in [0.29, 0.717) is 6.42 Å². The summed E-state index contributed by atoms with van der Waals surface area (Å²) in [6, 6.07) is 9.22. The lowest BCUT2D eigenvalue weighted by atomic mass is 10.0. The van der Waals surface area contributed by atoms with E-state index in [4.69, 9.17) is 5.26 Å². The van der Waals surface area contributed by atoms with E-state index in [1.807, 2.05) is 26.1 Å². The number of rotatable bonds is 5. The predicted octanol–water partition coefficient (Wildman–Crippen LogP) is 3.51. The fraction of sp³-hybridized carbons (Fsp3) is 0.533. The molecule has 0 aliphatic heterocycles. The topological polar surface area (TPSA) is 27.0 Å². The van der Waals surface area contributed by atoms with Crippen LogP contribution in [0, 0.1) is 22.6 Å². The van der Waals surface area contributed by atoms with Crippen molar-refractivity contribution in [2.45, 2.75) is 32.2 Å². The van der Waals surface area contributed by atoms with Gasteiger partial charge < -0.3 is 0 Å². The number of hydrogen-bond acceptors (Lipinski definition) is 2. The summed E-state index contributed by atoms with van der Waals surface area (Å²) in [6.07, 6.45) is 2.85. The van der Waals surface area contributed by atoms with Crippen molar-refractivity contribution in [1.82, 2.24) is 4.90 Å². The van der Waals surface area contributed by atoms with Gasteiger partial charge in [-0.2, -0.15) is 5.26 Å². The molecule has 0 radical (unpaired) electrons. The van der Waals surface area contributed by atoms with Crippen molar-refractivity contribution in [2.24, 2.45) is 5.41 Å². The maximum Gasteiger partial charge on any atom is 0.127 e. The molecule has 18 heavy (non-hydrogen) atoms. The fourth-order valence-electron chi connectivity index (χ4n) is 2.45. The molecule has 1 saturated carbocycles. The first-order valence-corrected chi connectivity index (χ1v) is 6.40. The Kier molecular flexibility index (Phi) is 3.68. The Labute approximate surface area is 108 Å². The molecule has 0 bridgehead atoms. The van der Waals surface area contributed by atoms with Crippen molar-refractivity contribution in [3.8, 4) is 6.07 Å². The third kappa shape index (κ3) is 2.70. The van der Waals surface area contributed by atoms with Gasteiger partial charge in [0.05, 0.1) is 6.07 Å². The summed E-state index contributed by atoms with van der Waals surface area (Å²) in [7, 11) is 2.01. The highest BCUT2D eigenvalue weighted by molar-refractivity contribution is 5.20. The highest BCUT2D eigenvalue weighted by Gasteiger charge is 2.43. The van der Waals surface area contributed by atoms with Gasteiger partial charge in [0.15, 0.2) is 0 Å². The largest absolute Gasteiger partial charge is 0.299 e. The summed E-state index contributed by atoms with van der Waals surface area (Å²) in [6.45, 7) is 2.89. The highest BCUT2D eigenvalue weighted by atomic mass is 19.1. The van der Waals surface area contributed by atoms with Crippen molar-refractivity contribution in [1.29, 1.82) is 5.26 Å². The van der Waals surface area contributed by atoms with Crippen LogP contribution in [-0.2, 0) is 0 Å². The second-order valence-electron chi connectivity index (χ2n) is 5.45. The monoisotopic (exact) mass is 246 g/mol. The number of hydrogen-bond donors (Lipinski definition) is 0. The van der Waals surface area contributed by atoms with Crippen molar-refractivity contribution in [3.63, 3.8) is 0 Å². The smallest absolute Gasteiger partial charge is 0.127 e. The third-order valence-corrected chi connectivity index (χ3v) is 4.01. The number of nitriles is 1. The zero-order valence-electron chi connectivity index (χ0n) is 11.0. The summed E-state index contributed by atoms with van der Waals surface area (Å²) >= 11 is 0. The average Bonchev–Trinajstić information content (AvgIpc) is 3.09. The second-order valence-corrected chi connectivity index (χ2v) is 5.45. The zero-order chi connectivity index (χ0) is 13.2. The Balaban J connectivity index is 2.04. The molecule has 1 unspecified atom stereocenters. The van der Waals surface area contributed by atoms with Gasteiger partial charge in [-0.25, -0.2) is 4.39 Å². The standard InChI is InChI=1S/C15H19FN2/c1-12(13-5-3-4-6-14(13)16)18(2)11-15(7-8-15)9-10-17/h3-6,12H,7-9,11H2,1-2H3. The van der Waals surface area contributed by atoms with Crippen molar-refractivity contribution >= 4 is 0 Å². The number of nitrogens with zero attached hydrogens (tertiary/aromatic N) is 2. The minimum atomic E-state index is -0.151. The Bertz CT molecular complexity index is 460. The molecule has 1 aromatic carbocycles. The molecule has 0 spiro atoms. The van der Waals surface area contributed by atoms with E-state index in [0.717, 1.165) is 24.9 Å². The van der Waals surface area contributed by atoms with E-state index in [2.05, 4.69) is 11.0 Å². The molecule has 0 heterocycles. The summed E-state index contributed by atoms with van der Waals surface area (Å²) in [5, 5.41) is 8.83. The van der Waals surface area contributed by atoms with Gasteiger partial charge in [-0.05, 0) is 38.3 Å². The number of benzene rings is 1. The highest BCUT2D eigenvalue weighted by Crippen LogP contribution is 2.49. The first-order valence-electron chi connectivity index (χ1n) is 6.40. The van der Waals surface area contributed by atoms with Crippen LogP contribution in [0.2, 0.25) is 0 Å². The molecule has 0 N–H and O–H groups in total. The summed E-state index contributed by atoms with van der Waals surface area (Å²) < 4.78 is 13.7. The van der Waals surface area contributed by atoms with E-state index >= 15 is 0 Å². The summed E-state index contributed by atoms with van der Waals surface area (Å²) in [5.41, 5.74) is 0.899. The minimum Gasteiger partial charge on any atom is -0.299 e. The molecule has 1 aliphatic carbocycles. The van der Waals surface area contributed by atoms with Crippen LogP contribution in [-0.4, -0.2) is 18.5 Å². The van der Waals surface area contributed by atoms with Crippen LogP contribution in [0.1, 0.15) is 37.8 Å². The van der Waals surface area contributed by atoms with Crippen LogP contribution in [0.25, 0.3) is 0 Å². The van der Waals surface area contributed by atoms with Gasteiger partial charge in [0.1, 0.15) is 5.82 Å². The van der Waals surface area contributed by atoms with Crippen LogP contribution in [0.3, 0.4) is 0 Å². The molecule has 3 heteroatoms. The van der Waals surface area contributed by atoms with Crippen LogP contribution < -0.4 is 0 Å². The van der Waals surface area contributed by atoms with Crippen LogP contribution in [0.15, 0.2) is 24.3 Å². The molecule has 2 rings (SSSR count). The van der Waals surface area contributed by atoms with Crippen molar-refractivity contribution in [2.75, 3.05) is 13.6 Å². The lowest BCUT2D eigenvalue weighted by molar-refractivity contribution is 0.207. The molecule has 0 amide bonds. The summed E-state index contributed by atoms with van der Waals surface area (Å²) in [5.74, 6) is -0.151. The molecule has 1 aromatic rings. The second kappa shape index (κ2) is 5.07. The lowest BCUT2D eigenvalue weighted by Crippen LogP contribution is -2.29. The number of halogens is 1. The minimum absolute atomic E-state index is 0.0439. The molecule has 1 fully saturated rings. The Morgan fingerprint density at radius 3 is 2.67 bits per heavy atom. The first-order chi connectivity index (χ1) is 8.58. The molecular weight excluding hydrogens is 227 g/mol. The quantitative estimate of drug-likeness (QED) is 0.795. The molecule has 0 aromatic heterocycles. The Morgan fingerprint density at radius 1 is 1.44 bits per heavy atom. The average molecular weight is 246 g/mol. The van der Waals surface area contributed by atoms with E-state index in [1.165, 1.54) is 6.07 Å². The van der Waals surface area contributed by atoms with Gasteiger partial charge in [0.2, 0.25) is 0 Å². The van der Waals surface area contributed by atoms with E-state index in [1.54, 1.807) is 6.07 Å². The normalized spacial score (nSPS) is 18.4. The molecule has 0 saturated heterocycles. The predicted molar refractivity (Wildman–Crippen MR) is 69.3 cm³/mol. The van der Waals surface area contributed by atoms with Crippen molar-refractivity contribution in [3.05, 3.63) is 35.6 Å². The molecular formula is C15H19FN2. The lowest BCUT2D eigenvalue weighted by Gasteiger charge is -2.28. The maximum absolute atomic E-state index is 13.7. The van der Waals surface area contributed by atoms with E-state index in [-0.39, 0.29) is 17.3 Å². The van der Waals surface area contributed by atoms with Crippen LogP contribution in [0.5, 0.6) is 0 Å². The van der Waals surface area contributed by atoms with Gasteiger partial charge in [-0.15, -0.1) is 0 Å².